The minimum absolute atomic E-state index is 0.138. The van der Waals surface area contributed by atoms with Gasteiger partial charge in [-0.05, 0) is 24.3 Å². The quantitative estimate of drug-likeness (QED) is 0.476. The fourth-order valence-corrected chi connectivity index (χ4v) is 3.15. The first-order valence-electron chi connectivity index (χ1n) is 8.23. The molecule has 0 saturated carbocycles. The number of benzene rings is 1. The lowest BCUT2D eigenvalue weighted by Gasteiger charge is -2.08. The lowest BCUT2D eigenvalue weighted by atomic mass is 10.3. The highest BCUT2D eigenvalue weighted by Crippen LogP contribution is 2.23. The summed E-state index contributed by atoms with van der Waals surface area (Å²) in [7, 11) is 1.59. The summed E-state index contributed by atoms with van der Waals surface area (Å²) in [4.78, 5) is 16.6. The third-order valence-electron chi connectivity index (χ3n) is 3.61. The number of methoxy groups -OCH3 is 1. The van der Waals surface area contributed by atoms with Crippen LogP contribution in [0.2, 0.25) is 0 Å². The van der Waals surface area contributed by atoms with Gasteiger partial charge >= 0.3 is 0 Å². The Hall–Kier alpha value is -3.13. The van der Waals surface area contributed by atoms with Crippen molar-refractivity contribution in [3.63, 3.8) is 0 Å². The van der Waals surface area contributed by atoms with E-state index in [-0.39, 0.29) is 11.7 Å². The molecule has 0 bridgehead atoms. The number of nitrogens with zero attached hydrogens (tertiary/aromatic N) is 4. The summed E-state index contributed by atoms with van der Waals surface area (Å²) in [5, 5.41) is 11.9. The highest BCUT2D eigenvalue weighted by atomic mass is 32.2. The van der Waals surface area contributed by atoms with E-state index in [1.54, 1.807) is 25.4 Å². The molecule has 7 nitrogen and oxygen atoms in total. The molecule has 1 aromatic carbocycles. The van der Waals surface area contributed by atoms with Gasteiger partial charge in [-0.1, -0.05) is 30.0 Å². The molecule has 0 radical (unpaired) electrons. The topological polar surface area (TPSA) is 81.9 Å². The Morgan fingerprint density at radius 2 is 2.19 bits per heavy atom. The lowest BCUT2D eigenvalue weighted by Crippen LogP contribution is -2.14. The molecule has 3 aromatic rings. The van der Waals surface area contributed by atoms with E-state index < -0.39 is 0 Å². The number of thioether (sulfide) groups is 1. The van der Waals surface area contributed by atoms with E-state index in [4.69, 9.17) is 4.74 Å². The van der Waals surface area contributed by atoms with Crippen LogP contribution in [-0.2, 0) is 11.3 Å². The molecule has 0 aliphatic carbocycles. The summed E-state index contributed by atoms with van der Waals surface area (Å²) < 4.78 is 7.05. The zero-order valence-corrected chi connectivity index (χ0v) is 15.6. The van der Waals surface area contributed by atoms with Crippen molar-refractivity contribution in [1.82, 2.24) is 19.7 Å². The van der Waals surface area contributed by atoms with E-state index in [9.17, 15) is 4.79 Å². The van der Waals surface area contributed by atoms with Crippen LogP contribution >= 0.6 is 11.8 Å². The van der Waals surface area contributed by atoms with Crippen LogP contribution in [0.15, 0.2) is 66.5 Å². The van der Waals surface area contributed by atoms with Crippen molar-refractivity contribution >= 4 is 23.4 Å². The number of amides is 1. The largest absolute Gasteiger partial charge is 0.497 e. The number of carbonyl (C=O) groups is 1. The zero-order valence-electron chi connectivity index (χ0n) is 14.8. The minimum Gasteiger partial charge on any atom is -0.497 e. The summed E-state index contributed by atoms with van der Waals surface area (Å²) in [5.74, 6) is 1.40. The van der Waals surface area contributed by atoms with Crippen molar-refractivity contribution in [2.45, 2.75) is 11.7 Å². The van der Waals surface area contributed by atoms with Crippen molar-refractivity contribution in [2.24, 2.45) is 0 Å². The van der Waals surface area contributed by atoms with Gasteiger partial charge in [0.05, 0.1) is 12.9 Å². The number of pyridine rings is 1. The summed E-state index contributed by atoms with van der Waals surface area (Å²) in [6.07, 6.45) is 3.47. The van der Waals surface area contributed by atoms with Crippen LogP contribution in [0.1, 0.15) is 0 Å². The van der Waals surface area contributed by atoms with E-state index in [1.165, 1.54) is 11.8 Å². The second-order valence-electron chi connectivity index (χ2n) is 5.49. The number of anilines is 1. The maximum Gasteiger partial charge on any atom is 0.234 e. The third-order valence-corrected chi connectivity index (χ3v) is 4.58. The molecule has 0 atom stereocenters. The van der Waals surface area contributed by atoms with Crippen LogP contribution in [0.25, 0.3) is 11.5 Å². The van der Waals surface area contributed by atoms with Crippen molar-refractivity contribution in [3.8, 4) is 17.3 Å². The predicted octanol–water partition coefficient (Wildman–Crippen LogP) is 3.27. The Labute approximate surface area is 161 Å². The first-order valence-corrected chi connectivity index (χ1v) is 9.22. The molecule has 0 unspecified atom stereocenters. The van der Waals surface area contributed by atoms with Gasteiger partial charge in [0.1, 0.15) is 11.4 Å². The molecule has 2 aromatic heterocycles. The second-order valence-corrected chi connectivity index (χ2v) is 6.43. The van der Waals surface area contributed by atoms with Crippen LogP contribution in [0, 0.1) is 0 Å². The number of hydrogen-bond donors (Lipinski definition) is 1. The van der Waals surface area contributed by atoms with Crippen LogP contribution in [-0.4, -0.2) is 38.5 Å². The first kappa shape index (κ1) is 18.7. The molecule has 0 aliphatic rings. The van der Waals surface area contributed by atoms with E-state index in [2.05, 4.69) is 27.1 Å². The van der Waals surface area contributed by atoms with Crippen molar-refractivity contribution in [2.75, 3.05) is 18.2 Å². The SMILES string of the molecule is C=CCn1c(SCC(=O)Nc2cccc(OC)c2)nnc1-c1ccccn1. The second kappa shape index (κ2) is 9.00. The molecule has 0 spiro atoms. The Bertz CT molecular complexity index is 927. The van der Waals surface area contributed by atoms with Gasteiger partial charge in [0.25, 0.3) is 0 Å². The molecular formula is C19H19N5O2S. The van der Waals surface area contributed by atoms with Crippen LogP contribution in [0.4, 0.5) is 5.69 Å². The Morgan fingerprint density at radius 1 is 1.30 bits per heavy atom. The van der Waals surface area contributed by atoms with Crippen molar-refractivity contribution in [3.05, 3.63) is 61.3 Å². The standard InChI is InChI=1S/C19H19N5O2S/c1-3-11-24-18(16-9-4-5-10-20-16)22-23-19(24)27-13-17(25)21-14-7-6-8-15(12-14)26-2/h3-10,12H,1,11,13H2,2H3,(H,21,25). The molecule has 0 fully saturated rings. The van der Waals surface area contributed by atoms with Gasteiger partial charge < -0.3 is 10.1 Å². The van der Waals surface area contributed by atoms with E-state index >= 15 is 0 Å². The molecule has 3 rings (SSSR count). The van der Waals surface area contributed by atoms with Crippen LogP contribution in [0.5, 0.6) is 5.75 Å². The Balaban J connectivity index is 1.69. The average Bonchev–Trinajstić information content (AvgIpc) is 3.10. The normalized spacial score (nSPS) is 10.4. The van der Waals surface area contributed by atoms with Crippen molar-refractivity contribution in [1.29, 1.82) is 0 Å². The molecule has 2 heterocycles. The summed E-state index contributed by atoms with van der Waals surface area (Å²) >= 11 is 1.31. The van der Waals surface area contributed by atoms with Crippen molar-refractivity contribution < 1.29 is 9.53 Å². The van der Waals surface area contributed by atoms with Gasteiger partial charge in [0, 0.05) is 24.5 Å². The highest BCUT2D eigenvalue weighted by molar-refractivity contribution is 7.99. The fourth-order valence-electron chi connectivity index (χ4n) is 2.40. The Kier molecular flexibility index (Phi) is 6.22. The first-order chi connectivity index (χ1) is 13.2. The molecule has 0 aliphatic heterocycles. The summed E-state index contributed by atoms with van der Waals surface area (Å²) in [6, 6.07) is 12.8. The number of nitrogens with one attached hydrogen (secondary N) is 1. The molecule has 1 N–H and O–H groups in total. The summed E-state index contributed by atoms with van der Waals surface area (Å²) in [5.41, 5.74) is 1.40. The lowest BCUT2D eigenvalue weighted by molar-refractivity contribution is -0.113. The van der Waals surface area contributed by atoms with Gasteiger partial charge in [-0.3, -0.25) is 14.3 Å². The van der Waals surface area contributed by atoms with Gasteiger partial charge in [-0.2, -0.15) is 0 Å². The number of hydrogen-bond acceptors (Lipinski definition) is 6. The monoisotopic (exact) mass is 381 g/mol. The number of carbonyl (C=O) groups excluding carboxylic acids is 1. The fraction of sp³-hybridized carbons (Fsp3) is 0.158. The molecule has 138 valence electrons. The van der Waals surface area contributed by atoms with Crippen LogP contribution < -0.4 is 10.1 Å². The molecule has 1 amide bonds. The molecular weight excluding hydrogens is 362 g/mol. The van der Waals surface area contributed by atoms with Gasteiger partial charge in [0.2, 0.25) is 5.91 Å². The van der Waals surface area contributed by atoms with Crippen LogP contribution in [0.3, 0.4) is 0 Å². The third kappa shape index (κ3) is 4.73. The maximum absolute atomic E-state index is 12.3. The zero-order chi connectivity index (χ0) is 19.1. The smallest absolute Gasteiger partial charge is 0.234 e. The highest BCUT2D eigenvalue weighted by Gasteiger charge is 2.15. The predicted molar refractivity (Wildman–Crippen MR) is 106 cm³/mol. The van der Waals surface area contributed by atoms with E-state index in [0.717, 1.165) is 5.69 Å². The van der Waals surface area contributed by atoms with Gasteiger partial charge in [0.15, 0.2) is 11.0 Å². The van der Waals surface area contributed by atoms with E-state index in [0.29, 0.717) is 29.0 Å². The Morgan fingerprint density at radius 3 is 2.93 bits per heavy atom. The number of allylic oxidation sites excluding steroid dienone is 1. The number of rotatable bonds is 8. The summed E-state index contributed by atoms with van der Waals surface area (Å²) in [6.45, 7) is 4.31. The minimum atomic E-state index is -0.138. The van der Waals surface area contributed by atoms with E-state index in [1.807, 2.05) is 41.0 Å². The van der Waals surface area contributed by atoms with Gasteiger partial charge in [-0.15, -0.1) is 16.8 Å². The maximum atomic E-state index is 12.3. The average molecular weight is 381 g/mol. The molecule has 0 saturated heterocycles. The number of ether oxygens (including phenoxy) is 1. The van der Waals surface area contributed by atoms with Gasteiger partial charge in [-0.25, -0.2) is 0 Å². The molecule has 8 heteroatoms. The molecule has 27 heavy (non-hydrogen) atoms. The number of aromatic nitrogens is 4.